The highest BCUT2D eigenvalue weighted by Crippen LogP contribution is 2.21. The third-order valence-corrected chi connectivity index (χ3v) is 4.07. The molecule has 0 aliphatic carbocycles. The van der Waals surface area contributed by atoms with E-state index >= 15 is 0 Å². The number of halogens is 2. The quantitative estimate of drug-likeness (QED) is 0.883. The summed E-state index contributed by atoms with van der Waals surface area (Å²) in [6.07, 6.45) is 1.86. The summed E-state index contributed by atoms with van der Waals surface area (Å²) in [5.41, 5.74) is 0.303. The second-order valence-electron chi connectivity index (χ2n) is 5.25. The van der Waals surface area contributed by atoms with E-state index in [1.807, 2.05) is 0 Å². The van der Waals surface area contributed by atoms with Gasteiger partial charge in [-0.1, -0.05) is 0 Å². The zero-order valence-electron chi connectivity index (χ0n) is 12.1. The molecule has 2 heterocycles. The van der Waals surface area contributed by atoms with Crippen molar-refractivity contribution in [3.63, 3.8) is 0 Å². The van der Waals surface area contributed by atoms with Crippen molar-refractivity contribution in [3.05, 3.63) is 52.1 Å². The van der Waals surface area contributed by atoms with E-state index in [2.05, 4.69) is 21.2 Å². The van der Waals surface area contributed by atoms with Gasteiger partial charge in [-0.2, -0.15) is 0 Å². The maximum Gasteiger partial charge on any atom is 0.291 e. The molecule has 2 amide bonds. The van der Waals surface area contributed by atoms with E-state index in [1.165, 1.54) is 24.3 Å². The van der Waals surface area contributed by atoms with Gasteiger partial charge >= 0.3 is 0 Å². The molecule has 1 aromatic heterocycles. The van der Waals surface area contributed by atoms with Crippen molar-refractivity contribution in [2.24, 2.45) is 0 Å². The third kappa shape index (κ3) is 3.44. The normalized spacial score (nSPS) is 14.1. The van der Waals surface area contributed by atoms with Gasteiger partial charge < -0.3 is 14.6 Å². The molecule has 1 aromatic carbocycles. The Morgan fingerprint density at radius 1 is 1.17 bits per heavy atom. The number of hydrogen-bond donors (Lipinski definition) is 1. The first kappa shape index (κ1) is 15.7. The number of rotatable bonds is 3. The Balaban J connectivity index is 1.79. The van der Waals surface area contributed by atoms with Gasteiger partial charge in [-0.05, 0) is 59.1 Å². The number of carbonyl (C=O) groups excluding carboxylic acids is 2. The van der Waals surface area contributed by atoms with Gasteiger partial charge in [-0.15, -0.1) is 0 Å². The number of hydrogen-bond acceptors (Lipinski definition) is 3. The predicted molar refractivity (Wildman–Crippen MR) is 85.9 cm³/mol. The van der Waals surface area contributed by atoms with E-state index in [4.69, 9.17) is 4.42 Å². The van der Waals surface area contributed by atoms with Crippen LogP contribution in [0.25, 0.3) is 0 Å². The topological polar surface area (TPSA) is 62.6 Å². The Kier molecular flexibility index (Phi) is 4.47. The number of likely N-dealkylation sites (tertiary alicyclic amines) is 1. The van der Waals surface area contributed by atoms with Crippen molar-refractivity contribution < 1.29 is 18.4 Å². The fourth-order valence-corrected chi connectivity index (χ4v) is 2.79. The van der Waals surface area contributed by atoms with Gasteiger partial charge in [0.2, 0.25) is 0 Å². The third-order valence-electron chi connectivity index (χ3n) is 3.64. The largest absolute Gasteiger partial charge is 0.444 e. The summed E-state index contributed by atoms with van der Waals surface area (Å²) in [4.78, 5) is 26.0. The molecule has 0 spiro atoms. The lowest BCUT2D eigenvalue weighted by Gasteiger charge is -2.16. The van der Waals surface area contributed by atoms with Crippen molar-refractivity contribution in [1.29, 1.82) is 0 Å². The van der Waals surface area contributed by atoms with Crippen LogP contribution in [-0.4, -0.2) is 29.8 Å². The molecule has 120 valence electrons. The summed E-state index contributed by atoms with van der Waals surface area (Å²) in [5, 5.41) is 2.59. The minimum atomic E-state index is -0.597. The molecular formula is C16H14BrFN2O3. The van der Waals surface area contributed by atoms with Crippen LogP contribution < -0.4 is 5.32 Å². The fourth-order valence-electron chi connectivity index (χ4n) is 2.49. The van der Waals surface area contributed by atoms with Gasteiger partial charge in [0.25, 0.3) is 11.8 Å². The van der Waals surface area contributed by atoms with Gasteiger partial charge in [0.1, 0.15) is 5.82 Å². The first-order valence-corrected chi connectivity index (χ1v) is 7.99. The van der Waals surface area contributed by atoms with E-state index in [-0.39, 0.29) is 17.2 Å². The van der Waals surface area contributed by atoms with E-state index in [0.717, 1.165) is 12.8 Å². The van der Waals surface area contributed by atoms with Gasteiger partial charge in [0.15, 0.2) is 10.4 Å². The van der Waals surface area contributed by atoms with E-state index in [0.29, 0.717) is 23.4 Å². The van der Waals surface area contributed by atoms with Crippen LogP contribution in [0.2, 0.25) is 0 Å². The Morgan fingerprint density at radius 3 is 2.57 bits per heavy atom. The van der Waals surface area contributed by atoms with Crippen LogP contribution in [-0.2, 0) is 0 Å². The highest BCUT2D eigenvalue weighted by atomic mass is 79.9. The fraction of sp³-hybridized carbons (Fsp3) is 0.250. The van der Waals surface area contributed by atoms with Crippen molar-refractivity contribution in [1.82, 2.24) is 4.90 Å². The Labute approximate surface area is 140 Å². The zero-order chi connectivity index (χ0) is 16.4. The van der Waals surface area contributed by atoms with Gasteiger partial charge in [-0.3, -0.25) is 9.59 Å². The van der Waals surface area contributed by atoms with Crippen LogP contribution in [0, 0.1) is 5.82 Å². The number of nitrogens with one attached hydrogen (secondary N) is 1. The summed E-state index contributed by atoms with van der Waals surface area (Å²) in [5.74, 6) is -1.30. The van der Waals surface area contributed by atoms with Crippen LogP contribution in [0.5, 0.6) is 0 Å². The Bertz CT molecular complexity index is 754. The van der Waals surface area contributed by atoms with Crippen molar-refractivity contribution >= 4 is 33.4 Å². The smallest absolute Gasteiger partial charge is 0.291 e. The van der Waals surface area contributed by atoms with Gasteiger partial charge in [0.05, 0.1) is 5.56 Å². The van der Waals surface area contributed by atoms with Gasteiger partial charge in [-0.25, -0.2) is 4.39 Å². The SMILES string of the molecule is O=C(Nc1ccc(F)c(C(=O)N2CCCC2)c1)c1ccc(Br)o1. The molecule has 1 fully saturated rings. The van der Waals surface area contributed by atoms with Crippen LogP contribution >= 0.6 is 15.9 Å². The standard InChI is InChI=1S/C16H14BrFN2O3/c17-14-6-5-13(23-14)15(21)19-10-3-4-12(18)11(9-10)16(22)20-7-1-2-8-20/h3-6,9H,1-2,7-8H2,(H,19,21). The van der Waals surface area contributed by atoms with Crippen LogP contribution in [0.4, 0.5) is 10.1 Å². The molecule has 7 heteroatoms. The Hall–Kier alpha value is -2.15. The van der Waals surface area contributed by atoms with Crippen LogP contribution in [0.1, 0.15) is 33.8 Å². The monoisotopic (exact) mass is 380 g/mol. The Morgan fingerprint density at radius 2 is 1.91 bits per heavy atom. The summed E-state index contributed by atoms with van der Waals surface area (Å²) < 4.78 is 19.5. The highest BCUT2D eigenvalue weighted by molar-refractivity contribution is 9.10. The molecule has 23 heavy (non-hydrogen) atoms. The summed E-state index contributed by atoms with van der Waals surface area (Å²) in [7, 11) is 0. The number of amides is 2. The molecule has 0 unspecified atom stereocenters. The lowest BCUT2D eigenvalue weighted by atomic mass is 10.1. The van der Waals surface area contributed by atoms with Crippen molar-refractivity contribution in [2.75, 3.05) is 18.4 Å². The molecule has 0 saturated carbocycles. The molecular weight excluding hydrogens is 367 g/mol. The average Bonchev–Trinajstić information content (AvgIpc) is 3.20. The number of nitrogens with zero attached hydrogens (tertiary/aromatic N) is 1. The predicted octanol–water partition coefficient (Wildman–Crippen LogP) is 3.67. The molecule has 5 nitrogen and oxygen atoms in total. The second kappa shape index (κ2) is 6.54. The molecule has 1 aliphatic rings. The number of furan rings is 1. The molecule has 0 atom stereocenters. The maximum atomic E-state index is 14.0. The molecule has 1 aliphatic heterocycles. The van der Waals surface area contributed by atoms with E-state index in [1.54, 1.807) is 11.0 Å². The van der Waals surface area contributed by atoms with Gasteiger partial charge in [0, 0.05) is 18.8 Å². The zero-order valence-corrected chi connectivity index (χ0v) is 13.7. The summed E-state index contributed by atoms with van der Waals surface area (Å²) >= 11 is 3.12. The number of anilines is 1. The highest BCUT2D eigenvalue weighted by Gasteiger charge is 2.23. The second-order valence-corrected chi connectivity index (χ2v) is 6.03. The molecule has 0 radical (unpaired) electrons. The first-order valence-electron chi connectivity index (χ1n) is 7.20. The molecule has 1 N–H and O–H groups in total. The summed E-state index contributed by atoms with van der Waals surface area (Å²) in [6.45, 7) is 1.27. The molecule has 0 bridgehead atoms. The lowest BCUT2D eigenvalue weighted by Crippen LogP contribution is -2.28. The maximum absolute atomic E-state index is 14.0. The number of carbonyl (C=O) groups is 2. The van der Waals surface area contributed by atoms with Crippen LogP contribution in [0.15, 0.2) is 39.4 Å². The average molecular weight is 381 g/mol. The summed E-state index contributed by atoms with van der Waals surface area (Å²) in [6, 6.07) is 7.05. The number of benzene rings is 1. The molecule has 2 aromatic rings. The first-order chi connectivity index (χ1) is 11.0. The lowest BCUT2D eigenvalue weighted by molar-refractivity contribution is 0.0787. The molecule has 3 rings (SSSR count). The van der Waals surface area contributed by atoms with Crippen molar-refractivity contribution in [2.45, 2.75) is 12.8 Å². The van der Waals surface area contributed by atoms with E-state index in [9.17, 15) is 14.0 Å². The minimum absolute atomic E-state index is 0.0367. The van der Waals surface area contributed by atoms with E-state index < -0.39 is 11.7 Å². The molecule has 1 saturated heterocycles. The van der Waals surface area contributed by atoms with Crippen LogP contribution in [0.3, 0.4) is 0 Å². The minimum Gasteiger partial charge on any atom is -0.444 e. The van der Waals surface area contributed by atoms with Crippen molar-refractivity contribution in [3.8, 4) is 0 Å².